The predicted molar refractivity (Wildman–Crippen MR) is 79.6 cm³/mol. The zero-order chi connectivity index (χ0) is 14.5. The molecule has 1 heterocycles. The zero-order valence-electron chi connectivity index (χ0n) is 12.1. The van der Waals surface area contributed by atoms with Crippen molar-refractivity contribution in [3.05, 3.63) is 24.3 Å². The molecule has 5 nitrogen and oxygen atoms in total. The molecule has 0 aromatic heterocycles. The van der Waals surface area contributed by atoms with Crippen molar-refractivity contribution in [2.75, 3.05) is 19.7 Å². The van der Waals surface area contributed by atoms with Crippen LogP contribution in [0.2, 0.25) is 0 Å². The molecule has 2 N–H and O–H groups in total. The molecule has 1 aromatic rings. The van der Waals surface area contributed by atoms with Gasteiger partial charge >= 0.3 is 0 Å². The summed E-state index contributed by atoms with van der Waals surface area (Å²) in [6.45, 7) is 1.32. The molecule has 1 aromatic carbocycles. The van der Waals surface area contributed by atoms with Crippen LogP contribution in [0.4, 0.5) is 0 Å². The Morgan fingerprint density at radius 1 is 1.19 bits per heavy atom. The quantitative estimate of drug-likeness (QED) is 0.862. The Bertz CT molecular complexity index is 486. The van der Waals surface area contributed by atoms with E-state index in [9.17, 15) is 4.79 Å². The minimum atomic E-state index is -0.129. The third-order valence-electron chi connectivity index (χ3n) is 4.00. The second-order valence-corrected chi connectivity index (χ2v) is 5.66. The normalized spacial score (nSPS) is 21.2. The molecular formula is C16H22N2O3. The number of fused-ring (bicyclic) bond motifs is 1. The van der Waals surface area contributed by atoms with Gasteiger partial charge in [0.15, 0.2) is 11.5 Å². The van der Waals surface area contributed by atoms with Crippen molar-refractivity contribution in [2.45, 2.75) is 37.8 Å². The average molecular weight is 290 g/mol. The summed E-state index contributed by atoms with van der Waals surface area (Å²) in [7, 11) is 0. The van der Waals surface area contributed by atoms with Crippen LogP contribution in [0.3, 0.4) is 0 Å². The van der Waals surface area contributed by atoms with Gasteiger partial charge in [0.05, 0.1) is 13.1 Å². The molecule has 2 aliphatic rings. The molecule has 1 saturated carbocycles. The Balaban J connectivity index is 1.38. The van der Waals surface area contributed by atoms with Gasteiger partial charge < -0.3 is 20.1 Å². The highest BCUT2D eigenvalue weighted by atomic mass is 16.6. The Hall–Kier alpha value is -1.75. The summed E-state index contributed by atoms with van der Waals surface area (Å²) < 4.78 is 11.4. The van der Waals surface area contributed by atoms with Gasteiger partial charge in [0.2, 0.25) is 5.91 Å². The van der Waals surface area contributed by atoms with E-state index >= 15 is 0 Å². The van der Waals surface area contributed by atoms with Crippen LogP contribution < -0.4 is 20.1 Å². The number of carbonyl (C=O) groups excluding carboxylic acids is 1. The first-order valence-corrected chi connectivity index (χ1v) is 7.70. The smallest absolute Gasteiger partial charge is 0.234 e. The number of rotatable bonds is 5. The van der Waals surface area contributed by atoms with Crippen molar-refractivity contribution in [3.63, 3.8) is 0 Å². The molecule has 1 aliphatic heterocycles. The molecular weight excluding hydrogens is 268 g/mol. The van der Waals surface area contributed by atoms with Gasteiger partial charge in [-0.3, -0.25) is 4.79 Å². The average Bonchev–Trinajstić information content (AvgIpc) is 3.04. The number of ether oxygens (including phenoxy) is 2. The first kappa shape index (κ1) is 14.2. The minimum absolute atomic E-state index is 0.0179. The number of benzene rings is 1. The van der Waals surface area contributed by atoms with E-state index in [-0.39, 0.29) is 12.0 Å². The minimum Gasteiger partial charge on any atom is -0.486 e. The molecule has 1 amide bonds. The van der Waals surface area contributed by atoms with Gasteiger partial charge in [-0.2, -0.15) is 0 Å². The monoisotopic (exact) mass is 290 g/mol. The van der Waals surface area contributed by atoms with E-state index in [1.165, 1.54) is 25.7 Å². The lowest BCUT2D eigenvalue weighted by Crippen LogP contribution is -2.44. The highest BCUT2D eigenvalue weighted by molar-refractivity contribution is 5.78. The summed E-state index contributed by atoms with van der Waals surface area (Å²) in [4.78, 5) is 11.8. The third-order valence-corrected chi connectivity index (χ3v) is 4.00. The van der Waals surface area contributed by atoms with Gasteiger partial charge in [-0.1, -0.05) is 25.0 Å². The Kier molecular flexibility index (Phi) is 4.60. The number of carbonyl (C=O) groups is 1. The van der Waals surface area contributed by atoms with Crippen molar-refractivity contribution >= 4 is 5.91 Å². The summed E-state index contributed by atoms with van der Waals surface area (Å²) in [6.07, 6.45) is 4.78. The van der Waals surface area contributed by atoms with Crippen molar-refractivity contribution in [2.24, 2.45) is 0 Å². The summed E-state index contributed by atoms with van der Waals surface area (Å²) in [5, 5.41) is 6.20. The van der Waals surface area contributed by atoms with Crippen molar-refractivity contribution in [1.29, 1.82) is 0 Å². The number of nitrogens with one attached hydrogen (secondary N) is 2. The topological polar surface area (TPSA) is 59.6 Å². The molecule has 0 bridgehead atoms. The fourth-order valence-electron chi connectivity index (χ4n) is 2.82. The van der Waals surface area contributed by atoms with E-state index in [2.05, 4.69) is 10.6 Å². The second-order valence-electron chi connectivity index (χ2n) is 5.66. The lowest BCUT2D eigenvalue weighted by molar-refractivity contribution is -0.120. The summed E-state index contributed by atoms with van der Waals surface area (Å²) in [5.74, 6) is 1.53. The highest BCUT2D eigenvalue weighted by Crippen LogP contribution is 2.30. The molecule has 1 atom stereocenters. The summed E-state index contributed by atoms with van der Waals surface area (Å²) in [5.41, 5.74) is 0. The maximum Gasteiger partial charge on any atom is 0.234 e. The number of hydrogen-bond donors (Lipinski definition) is 2. The van der Waals surface area contributed by atoms with Crippen LogP contribution >= 0.6 is 0 Å². The van der Waals surface area contributed by atoms with Crippen molar-refractivity contribution in [1.82, 2.24) is 10.6 Å². The zero-order valence-corrected chi connectivity index (χ0v) is 12.1. The van der Waals surface area contributed by atoms with Crippen molar-refractivity contribution < 1.29 is 14.3 Å². The molecule has 0 saturated heterocycles. The van der Waals surface area contributed by atoms with Crippen LogP contribution in [0.15, 0.2) is 24.3 Å². The first-order valence-electron chi connectivity index (χ1n) is 7.70. The van der Waals surface area contributed by atoms with Gasteiger partial charge in [0, 0.05) is 6.04 Å². The van der Waals surface area contributed by atoms with Gasteiger partial charge in [0.25, 0.3) is 0 Å². The predicted octanol–water partition coefficient (Wildman–Crippen LogP) is 1.47. The van der Waals surface area contributed by atoms with Crippen LogP contribution in [0.5, 0.6) is 11.5 Å². The van der Waals surface area contributed by atoms with Crippen LogP contribution in [0.25, 0.3) is 0 Å². The van der Waals surface area contributed by atoms with E-state index in [1.807, 2.05) is 24.3 Å². The molecule has 114 valence electrons. The molecule has 21 heavy (non-hydrogen) atoms. The van der Waals surface area contributed by atoms with Crippen LogP contribution in [-0.2, 0) is 4.79 Å². The lowest BCUT2D eigenvalue weighted by Gasteiger charge is -2.26. The Morgan fingerprint density at radius 3 is 2.76 bits per heavy atom. The van der Waals surface area contributed by atoms with Gasteiger partial charge in [-0.25, -0.2) is 0 Å². The SMILES string of the molecule is O=C(CNC1CCCC1)NCC1COc2ccccc2O1. The first-order chi connectivity index (χ1) is 10.3. The Morgan fingerprint density at radius 2 is 1.95 bits per heavy atom. The molecule has 1 unspecified atom stereocenters. The standard InChI is InChI=1S/C16H22N2O3/c19-16(10-17-12-5-1-2-6-12)18-9-13-11-20-14-7-3-4-8-15(14)21-13/h3-4,7-8,12-13,17H,1-2,5-6,9-11H2,(H,18,19). The fraction of sp³-hybridized carbons (Fsp3) is 0.562. The number of amides is 1. The lowest BCUT2D eigenvalue weighted by atomic mass is 10.2. The van der Waals surface area contributed by atoms with Gasteiger partial charge in [-0.15, -0.1) is 0 Å². The van der Waals surface area contributed by atoms with E-state index < -0.39 is 0 Å². The number of para-hydroxylation sites is 2. The fourth-order valence-corrected chi connectivity index (χ4v) is 2.82. The highest BCUT2D eigenvalue weighted by Gasteiger charge is 2.21. The number of hydrogen-bond acceptors (Lipinski definition) is 4. The molecule has 0 radical (unpaired) electrons. The molecule has 5 heteroatoms. The van der Waals surface area contributed by atoms with Gasteiger partial charge in [0.1, 0.15) is 12.7 Å². The molecule has 1 aliphatic carbocycles. The molecule has 3 rings (SSSR count). The maximum absolute atomic E-state index is 11.8. The molecule has 1 fully saturated rings. The summed E-state index contributed by atoms with van der Waals surface area (Å²) in [6, 6.07) is 8.10. The van der Waals surface area contributed by atoms with Crippen molar-refractivity contribution in [3.8, 4) is 11.5 Å². The summed E-state index contributed by atoms with van der Waals surface area (Å²) >= 11 is 0. The van der Waals surface area contributed by atoms with E-state index in [0.29, 0.717) is 25.7 Å². The van der Waals surface area contributed by atoms with Crippen LogP contribution in [0, 0.1) is 0 Å². The maximum atomic E-state index is 11.8. The second kappa shape index (κ2) is 6.80. The third kappa shape index (κ3) is 3.88. The Labute approximate surface area is 125 Å². The largest absolute Gasteiger partial charge is 0.486 e. The van der Waals surface area contributed by atoms with E-state index in [4.69, 9.17) is 9.47 Å². The van der Waals surface area contributed by atoms with E-state index in [1.54, 1.807) is 0 Å². The molecule has 0 spiro atoms. The van der Waals surface area contributed by atoms with E-state index in [0.717, 1.165) is 11.5 Å². The van der Waals surface area contributed by atoms with Gasteiger partial charge in [-0.05, 0) is 25.0 Å². The van der Waals surface area contributed by atoms with Crippen LogP contribution in [-0.4, -0.2) is 37.7 Å². The van der Waals surface area contributed by atoms with Crippen LogP contribution in [0.1, 0.15) is 25.7 Å².